The monoisotopic (exact) mass is 495 g/mol. The zero-order chi connectivity index (χ0) is 26.1. The normalized spacial score (nSPS) is 12.7. The molecule has 1 amide bonds. The van der Waals surface area contributed by atoms with Gasteiger partial charge < -0.3 is 19.7 Å². The van der Waals surface area contributed by atoms with Gasteiger partial charge in [-0.25, -0.2) is 9.97 Å². The van der Waals surface area contributed by atoms with Crippen LogP contribution in [0.3, 0.4) is 0 Å². The molecule has 1 aliphatic heterocycles. The van der Waals surface area contributed by atoms with Crippen LogP contribution in [-0.2, 0) is 6.42 Å². The molecule has 37 heavy (non-hydrogen) atoms. The van der Waals surface area contributed by atoms with Crippen molar-refractivity contribution in [2.24, 2.45) is 0 Å². The molecule has 0 saturated carbocycles. The van der Waals surface area contributed by atoms with E-state index < -0.39 is 0 Å². The van der Waals surface area contributed by atoms with Crippen LogP contribution in [0, 0.1) is 19.1 Å². The molecule has 0 spiro atoms. The quantitative estimate of drug-likeness (QED) is 0.283. The van der Waals surface area contributed by atoms with Gasteiger partial charge in [0.05, 0.1) is 17.9 Å². The molecule has 0 aliphatic carbocycles. The Morgan fingerprint density at radius 3 is 2.62 bits per heavy atom. The fourth-order valence-corrected chi connectivity index (χ4v) is 4.74. The number of aryl methyl sites for hydroxylation is 2. The van der Waals surface area contributed by atoms with Crippen molar-refractivity contribution in [1.82, 2.24) is 9.97 Å². The number of nitrogens with zero attached hydrogens (tertiary/aromatic N) is 5. The van der Waals surface area contributed by atoms with Gasteiger partial charge in [-0.15, -0.1) is 0 Å². The van der Waals surface area contributed by atoms with Crippen LogP contribution in [0.2, 0.25) is 0 Å². The van der Waals surface area contributed by atoms with Crippen LogP contribution in [0.5, 0.6) is 5.75 Å². The molecule has 4 heterocycles. The first-order valence-electron chi connectivity index (χ1n) is 12.3. The Morgan fingerprint density at radius 2 is 1.86 bits per heavy atom. The molecule has 0 saturated heterocycles. The second kappa shape index (κ2) is 9.89. The Kier molecular flexibility index (Phi) is 6.48. The van der Waals surface area contributed by atoms with Crippen molar-refractivity contribution in [3.63, 3.8) is 0 Å². The summed E-state index contributed by atoms with van der Waals surface area (Å²) in [6, 6.07) is 15.1. The second-order valence-corrected chi connectivity index (χ2v) is 9.11. The van der Waals surface area contributed by atoms with E-state index in [2.05, 4.69) is 9.97 Å². The summed E-state index contributed by atoms with van der Waals surface area (Å²) in [6.07, 6.45) is 5.62. The average molecular weight is 496 g/mol. The molecule has 8 heteroatoms. The lowest BCUT2D eigenvalue weighted by Gasteiger charge is -2.22. The minimum absolute atomic E-state index is 0.117. The number of hydrogen-bond acceptors (Lipinski definition) is 6. The first kappa shape index (κ1) is 24.2. The van der Waals surface area contributed by atoms with Gasteiger partial charge >= 0.3 is 0 Å². The summed E-state index contributed by atoms with van der Waals surface area (Å²) in [5, 5.41) is 12.3. The van der Waals surface area contributed by atoms with Gasteiger partial charge in [0.1, 0.15) is 11.6 Å². The summed E-state index contributed by atoms with van der Waals surface area (Å²) in [5.41, 5.74) is 5.57. The molecule has 0 N–H and O–H groups in total. The maximum absolute atomic E-state index is 13.3. The molecule has 4 aromatic rings. The van der Waals surface area contributed by atoms with Crippen LogP contribution in [0.15, 0.2) is 67.1 Å². The molecular weight excluding hydrogens is 466 g/mol. The molecule has 188 valence electrons. The highest BCUT2D eigenvalue weighted by atomic mass is 16.5. The third-order valence-corrected chi connectivity index (χ3v) is 6.67. The summed E-state index contributed by atoms with van der Waals surface area (Å²) in [6.45, 7) is 6.98. The van der Waals surface area contributed by atoms with E-state index in [0.29, 0.717) is 36.6 Å². The summed E-state index contributed by atoms with van der Waals surface area (Å²) in [7, 11) is 1.76. The smallest absolute Gasteiger partial charge is 0.261 e. The summed E-state index contributed by atoms with van der Waals surface area (Å²) < 4.78 is 6.97. The van der Waals surface area contributed by atoms with Crippen molar-refractivity contribution in [2.75, 3.05) is 30.0 Å². The van der Waals surface area contributed by atoms with Crippen LogP contribution >= 0.6 is 0 Å². The summed E-state index contributed by atoms with van der Waals surface area (Å²) in [4.78, 5) is 26.1. The number of fused-ring (bicyclic) bond motifs is 2. The van der Waals surface area contributed by atoms with E-state index in [1.54, 1.807) is 30.4 Å². The minimum Gasteiger partial charge on any atom is -0.618 e. The standard InChI is InChI=1S/C29H29N5O3/c1-5-33-27-23(29(35)32(4)24-9-6-13-30-28(24)33)17-21(18-31-27)12-15-37-25-11-10-22(16-20(25)3)26-19(2)8-7-14-34(26)36/h6-11,13-14,16-18H,5,12,15H2,1-4H3. The maximum Gasteiger partial charge on any atom is 0.261 e. The van der Waals surface area contributed by atoms with Crippen molar-refractivity contribution < 1.29 is 14.3 Å². The zero-order valence-electron chi connectivity index (χ0n) is 21.4. The third-order valence-electron chi connectivity index (χ3n) is 6.67. The van der Waals surface area contributed by atoms with Crippen molar-refractivity contribution >= 4 is 23.2 Å². The number of rotatable bonds is 6. The number of ether oxygens (including phenoxy) is 1. The van der Waals surface area contributed by atoms with Gasteiger partial charge in [0, 0.05) is 49.6 Å². The van der Waals surface area contributed by atoms with Gasteiger partial charge in [-0.05, 0) is 74.4 Å². The number of hydrogen-bond donors (Lipinski definition) is 0. The molecule has 5 rings (SSSR count). The molecule has 0 unspecified atom stereocenters. The van der Waals surface area contributed by atoms with Crippen LogP contribution in [0.1, 0.15) is 34.0 Å². The maximum atomic E-state index is 13.3. The van der Waals surface area contributed by atoms with Crippen molar-refractivity contribution in [3.8, 4) is 17.0 Å². The lowest BCUT2D eigenvalue weighted by molar-refractivity contribution is -0.594. The SMILES string of the molecule is CCN1c2ncc(CCOc3ccc(-c4c(C)ccc[n+]4[O-])cc3C)cc2C(=O)N(C)c2cccnc21. The van der Waals surface area contributed by atoms with Crippen LogP contribution in [-0.4, -0.2) is 36.1 Å². The topological polar surface area (TPSA) is 85.5 Å². The number of carbonyl (C=O) groups is 1. The Balaban J connectivity index is 1.34. The molecule has 0 radical (unpaired) electrons. The van der Waals surface area contributed by atoms with E-state index in [0.717, 1.165) is 44.2 Å². The number of aromatic nitrogens is 3. The van der Waals surface area contributed by atoms with Crippen molar-refractivity contribution in [3.05, 3.63) is 94.6 Å². The van der Waals surface area contributed by atoms with E-state index in [4.69, 9.17) is 4.74 Å². The van der Waals surface area contributed by atoms with E-state index >= 15 is 0 Å². The van der Waals surface area contributed by atoms with Crippen molar-refractivity contribution in [1.29, 1.82) is 0 Å². The predicted octanol–water partition coefficient (Wildman–Crippen LogP) is 4.76. The van der Waals surface area contributed by atoms with Crippen molar-refractivity contribution in [2.45, 2.75) is 27.2 Å². The average Bonchev–Trinajstić information content (AvgIpc) is 2.98. The van der Waals surface area contributed by atoms with Gasteiger partial charge in [-0.1, -0.05) is 0 Å². The Bertz CT molecular complexity index is 1470. The zero-order valence-corrected chi connectivity index (χ0v) is 21.4. The first-order valence-corrected chi connectivity index (χ1v) is 12.3. The lowest BCUT2D eigenvalue weighted by atomic mass is 10.0. The first-order chi connectivity index (χ1) is 17.9. The predicted molar refractivity (Wildman–Crippen MR) is 143 cm³/mol. The minimum atomic E-state index is -0.117. The summed E-state index contributed by atoms with van der Waals surface area (Å²) in [5.74, 6) is 1.97. The van der Waals surface area contributed by atoms with Gasteiger partial charge in [0.2, 0.25) is 5.69 Å². The highest BCUT2D eigenvalue weighted by Crippen LogP contribution is 2.37. The third kappa shape index (κ3) is 4.46. The van der Waals surface area contributed by atoms with Gasteiger partial charge in [0.25, 0.3) is 5.91 Å². The van der Waals surface area contributed by atoms with E-state index in [1.165, 1.54) is 6.20 Å². The van der Waals surface area contributed by atoms with Crippen LogP contribution < -0.4 is 19.3 Å². The van der Waals surface area contributed by atoms with E-state index in [-0.39, 0.29) is 5.91 Å². The number of amides is 1. The summed E-state index contributed by atoms with van der Waals surface area (Å²) >= 11 is 0. The van der Waals surface area contributed by atoms with E-state index in [9.17, 15) is 10.0 Å². The molecule has 0 atom stereocenters. The molecule has 1 aromatic carbocycles. The van der Waals surface area contributed by atoms with Gasteiger partial charge in [-0.3, -0.25) is 4.79 Å². The number of benzene rings is 1. The Labute approximate surface area is 216 Å². The fourth-order valence-electron chi connectivity index (χ4n) is 4.74. The fraction of sp³-hybridized carbons (Fsp3) is 0.241. The number of carbonyl (C=O) groups excluding carboxylic acids is 1. The lowest BCUT2D eigenvalue weighted by Crippen LogP contribution is -2.29. The largest absolute Gasteiger partial charge is 0.618 e. The van der Waals surface area contributed by atoms with Gasteiger partial charge in [-0.2, -0.15) is 4.73 Å². The molecule has 3 aromatic heterocycles. The van der Waals surface area contributed by atoms with Crippen LogP contribution in [0.4, 0.5) is 17.3 Å². The molecule has 0 bridgehead atoms. The molecule has 8 nitrogen and oxygen atoms in total. The molecule has 0 fully saturated rings. The van der Waals surface area contributed by atoms with Gasteiger partial charge in [0.15, 0.2) is 12.0 Å². The Morgan fingerprint density at radius 1 is 1.03 bits per heavy atom. The number of pyridine rings is 3. The second-order valence-electron chi connectivity index (χ2n) is 9.11. The Hall–Kier alpha value is -4.46. The highest BCUT2D eigenvalue weighted by Gasteiger charge is 2.30. The highest BCUT2D eigenvalue weighted by molar-refractivity contribution is 6.12. The van der Waals surface area contributed by atoms with Crippen LogP contribution in [0.25, 0.3) is 11.3 Å². The molecular formula is C29H29N5O3. The molecule has 1 aliphatic rings. The van der Waals surface area contributed by atoms with E-state index in [1.807, 2.05) is 68.1 Å². The number of anilines is 3.